The number of aromatic nitrogens is 1. The molecule has 3 heteroatoms. The maximum atomic E-state index is 13.6. The Morgan fingerprint density at radius 1 is 1.25 bits per heavy atom. The van der Waals surface area contributed by atoms with Crippen LogP contribution in [0.15, 0.2) is 42.7 Å². The minimum atomic E-state index is -0.189. The fourth-order valence-electron chi connectivity index (χ4n) is 1.48. The summed E-state index contributed by atoms with van der Waals surface area (Å²) in [6, 6.07) is 9.14. The highest BCUT2D eigenvalue weighted by Gasteiger charge is 2.03. The third-order valence-electron chi connectivity index (χ3n) is 2.40. The Hall–Kier alpha value is -1.90. The molecule has 2 nitrogen and oxygen atoms in total. The van der Waals surface area contributed by atoms with Crippen molar-refractivity contribution in [3.8, 4) is 0 Å². The van der Waals surface area contributed by atoms with Crippen molar-refractivity contribution in [2.75, 3.05) is 5.32 Å². The van der Waals surface area contributed by atoms with Gasteiger partial charge in [0.2, 0.25) is 0 Å². The van der Waals surface area contributed by atoms with Crippen molar-refractivity contribution in [3.05, 3.63) is 59.7 Å². The Morgan fingerprint density at radius 3 is 2.88 bits per heavy atom. The highest BCUT2D eigenvalue weighted by molar-refractivity contribution is 5.47. The first-order valence-corrected chi connectivity index (χ1v) is 5.15. The van der Waals surface area contributed by atoms with Gasteiger partial charge in [0.25, 0.3) is 0 Å². The molecule has 0 saturated carbocycles. The number of hydrogen-bond acceptors (Lipinski definition) is 2. The Kier molecular flexibility index (Phi) is 3.15. The molecule has 2 rings (SSSR count). The smallest absolute Gasteiger partial charge is 0.149 e. The van der Waals surface area contributed by atoms with E-state index in [0.717, 1.165) is 5.56 Å². The highest BCUT2D eigenvalue weighted by Crippen LogP contribution is 2.17. The molecule has 0 spiro atoms. The third-order valence-corrected chi connectivity index (χ3v) is 2.40. The molecule has 0 radical (unpaired) electrons. The van der Waals surface area contributed by atoms with Gasteiger partial charge in [0, 0.05) is 18.9 Å². The molecule has 0 atom stereocenters. The molecule has 0 amide bonds. The fraction of sp³-hybridized carbons (Fsp3) is 0.154. The molecule has 1 heterocycles. The van der Waals surface area contributed by atoms with Gasteiger partial charge in [-0.15, -0.1) is 0 Å². The van der Waals surface area contributed by atoms with E-state index in [9.17, 15) is 4.39 Å². The highest BCUT2D eigenvalue weighted by atomic mass is 19.1. The molecule has 1 aromatic carbocycles. The van der Waals surface area contributed by atoms with E-state index < -0.39 is 0 Å². The molecule has 16 heavy (non-hydrogen) atoms. The van der Waals surface area contributed by atoms with Gasteiger partial charge in [0.15, 0.2) is 0 Å². The van der Waals surface area contributed by atoms with E-state index in [1.807, 2.05) is 18.2 Å². The van der Waals surface area contributed by atoms with Crippen LogP contribution in [0.25, 0.3) is 0 Å². The van der Waals surface area contributed by atoms with Gasteiger partial charge in [-0.05, 0) is 30.2 Å². The molecule has 0 aliphatic rings. The van der Waals surface area contributed by atoms with E-state index in [1.54, 1.807) is 31.5 Å². The zero-order valence-corrected chi connectivity index (χ0v) is 9.07. The molecule has 0 bridgehead atoms. The number of benzene rings is 1. The van der Waals surface area contributed by atoms with Gasteiger partial charge in [-0.2, -0.15) is 0 Å². The molecular weight excluding hydrogens is 203 g/mol. The summed E-state index contributed by atoms with van der Waals surface area (Å²) >= 11 is 0. The van der Waals surface area contributed by atoms with Crippen LogP contribution in [0.4, 0.5) is 10.1 Å². The lowest BCUT2D eigenvalue weighted by Crippen LogP contribution is -2.02. The summed E-state index contributed by atoms with van der Waals surface area (Å²) in [5.74, 6) is -0.189. The quantitative estimate of drug-likeness (QED) is 0.852. The van der Waals surface area contributed by atoms with Crippen molar-refractivity contribution in [1.29, 1.82) is 0 Å². The average molecular weight is 216 g/mol. The van der Waals surface area contributed by atoms with E-state index in [0.29, 0.717) is 17.8 Å². The molecule has 1 aromatic heterocycles. The van der Waals surface area contributed by atoms with Crippen molar-refractivity contribution in [3.63, 3.8) is 0 Å². The van der Waals surface area contributed by atoms with Gasteiger partial charge < -0.3 is 5.32 Å². The Balaban J connectivity index is 2.08. The summed E-state index contributed by atoms with van der Waals surface area (Å²) in [6.45, 7) is 2.33. The first kappa shape index (κ1) is 10.6. The van der Waals surface area contributed by atoms with Crippen molar-refractivity contribution < 1.29 is 4.39 Å². The lowest BCUT2D eigenvalue weighted by Gasteiger charge is -2.08. The standard InChI is InChI=1S/C13H13FN2/c1-10-4-2-6-12(13(10)14)16-9-11-5-3-7-15-8-11/h2-8,16H,9H2,1H3. The Morgan fingerprint density at radius 2 is 2.12 bits per heavy atom. The number of nitrogens with one attached hydrogen (secondary N) is 1. The van der Waals surface area contributed by atoms with Gasteiger partial charge in [-0.1, -0.05) is 18.2 Å². The molecule has 0 aliphatic heterocycles. The van der Waals surface area contributed by atoms with E-state index in [-0.39, 0.29) is 5.82 Å². The molecule has 2 aromatic rings. The molecule has 82 valence electrons. The summed E-state index contributed by atoms with van der Waals surface area (Å²) in [5.41, 5.74) is 2.21. The maximum Gasteiger partial charge on any atom is 0.149 e. The van der Waals surface area contributed by atoms with Crippen LogP contribution in [0, 0.1) is 12.7 Å². The zero-order chi connectivity index (χ0) is 11.4. The minimum absolute atomic E-state index is 0.189. The summed E-state index contributed by atoms with van der Waals surface area (Å²) < 4.78 is 13.6. The van der Waals surface area contributed by atoms with Crippen molar-refractivity contribution >= 4 is 5.69 Å². The monoisotopic (exact) mass is 216 g/mol. The number of anilines is 1. The molecule has 0 unspecified atom stereocenters. The lowest BCUT2D eigenvalue weighted by molar-refractivity contribution is 0.621. The molecule has 0 saturated heterocycles. The average Bonchev–Trinajstić information content (AvgIpc) is 2.32. The summed E-state index contributed by atoms with van der Waals surface area (Å²) in [5, 5.41) is 3.06. The van der Waals surface area contributed by atoms with E-state index in [4.69, 9.17) is 0 Å². The Bertz CT molecular complexity index is 469. The SMILES string of the molecule is Cc1cccc(NCc2cccnc2)c1F. The number of halogens is 1. The van der Waals surface area contributed by atoms with Crippen molar-refractivity contribution in [2.45, 2.75) is 13.5 Å². The lowest BCUT2D eigenvalue weighted by atomic mass is 10.2. The first-order chi connectivity index (χ1) is 7.77. The second-order valence-corrected chi connectivity index (χ2v) is 3.65. The molecular formula is C13H13FN2. The van der Waals surface area contributed by atoms with Crippen LogP contribution in [-0.2, 0) is 6.54 Å². The van der Waals surface area contributed by atoms with Gasteiger partial charge in [-0.25, -0.2) is 4.39 Å². The minimum Gasteiger partial charge on any atom is -0.379 e. The van der Waals surface area contributed by atoms with E-state index in [2.05, 4.69) is 10.3 Å². The number of aryl methyl sites for hydroxylation is 1. The topological polar surface area (TPSA) is 24.9 Å². The Labute approximate surface area is 94.2 Å². The van der Waals surface area contributed by atoms with Gasteiger partial charge >= 0.3 is 0 Å². The van der Waals surface area contributed by atoms with Gasteiger partial charge in [-0.3, -0.25) is 4.98 Å². The normalized spacial score (nSPS) is 10.1. The number of pyridine rings is 1. The number of rotatable bonds is 3. The zero-order valence-electron chi connectivity index (χ0n) is 9.07. The van der Waals surface area contributed by atoms with Crippen LogP contribution in [-0.4, -0.2) is 4.98 Å². The largest absolute Gasteiger partial charge is 0.379 e. The maximum absolute atomic E-state index is 13.6. The molecule has 0 fully saturated rings. The van der Waals surface area contributed by atoms with E-state index in [1.165, 1.54) is 0 Å². The van der Waals surface area contributed by atoms with Crippen molar-refractivity contribution in [1.82, 2.24) is 4.98 Å². The summed E-state index contributed by atoms with van der Waals surface area (Å²) in [6.07, 6.45) is 3.48. The summed E-state index contributed by atoms with van der Waals surface area (Å²) in [7, 11) is 0. The van der Waals surface area contributed by atoms with Crippen molar-refractivity contribution in [2.24, 2.45) is 0 Å². The fourth-order valence-corrected chi connectivity index (χ4v) is 1.48. The number of nitrogens with zero attached hydrogens (tertiary/aromatic N) is 1. The predicted octanol–water partition coefficient (Wildman–Crippen LogP) is 3.14. The van der Waals surface area contributed by atoms with Gasteiger partial charge in [0.1, 0.15) is 5.82 Å². The predicted molar refractivity (Wildman–Crippen MR) is 62.7 cm³/mol. The summed E-state index contributed by atoms with van der Waals surface area (Å²) in [4.78, 5) is 4.00. The van der Waals surface area contributed by atoms with Crippen LogP contribution in [0.5, 0.6) is 0 Å². The molecule has 0 aliphatic carbocycles. The second kappa shape index (κ2) is 4.75. The van der Waals surface area contributed by atoms with Gasteiger partial charge in [0.05, 0.1) is 5.69 Å². The third kappa shape index (κ3) is 2.37. The van der Waals surface area contributed by atoms with Crippen LogP contribution in [0.1, 0.15) is 11.1 Å². The molecule has 1 N–H and O–H groups in total. The van der Waals surface area contributed by atoms with E-state index >= 15 is 0 Å². The van der Waals surface area contributed by atoms with Crippen LogP contribution in [0.2, 0.25) is 0 Å². The van der Waals surface area contributed by atoms with Crippen LogP contribution >= 0.6 is 0 Å². The van der Waals surface area contributed by atoms with Crippen LogP contribution in [0.3, 0.4) is 0 Å². The second-order valence-electron chi connectivity index (χ2n) is 3.65. The van der Waals surface area contributed by atoms with Crippen LogP contribution < -0.4 is 5.32 Å². The first-order valence-electron chi connectivity index (χ1n) is 5.15. The number of hydrogen-bond donors (Lipinski definition) is 1.